The Hall–Kier alpha value is -1.85. The summed E-state index contributed by atoms with van der Waals surface area (Å²) in [5, 5.41) is 15.3. The molecule has 0 saturated heterocycles. The Morgan fingerprint density at radius 3 is 2.41 bits per heavy atom. The maximum atomic E-state index is 12.2. The Kier molecular flexibility index (Phi) is 3.55. The lowest BCUT2D eigenvalue weighted by Gasteiger charge is -2.34. The summed E-state index contributed by atoms with van der Waals surface area (Å²) in [7, 11) is 0. The number of aromatic amines is 1. The van der Waals surface area contributed by atoms with Gasteiger partial charge in [0, 0.05) is 11.2 Å². The zero-order chi connectivity index (χ0) is 13.2. The van der Waals surface area contributed by atoms with Crippen LogP contribution in [0.25, 0.3) is 0 Å². The first kappa shape index (κ1) is 13.2. The number of hydrogen-bond acceptors (Lipinski definition) is 3. The van der Waals surface area contributed by atoms with E-state index < -0.39 is 11.5 Å². The highest BCUT2D eigenvalue weighted by Gasteiger charge is 2.30. The monoisotopic (exact) mass is 239 g/mol. The van der Waals surface area contributed by atoms with Crippen molar-refractivity contribution in [2.24, 2.45) is 0 Å². The molecule has 1 aromatic heterocycles. The predicted molar refractivity (Wildman–Crippen MR) is 61.8 cm³/mol. The largest absolute Gasteiger partial charge is 0.480 e. The molecular weight excluding hydrogens is 222 g/mol. The molecule has 0 fully saturated rings. The molecule has 0 aliphatic rings. The lowest BCUT2D eigenvalue weighted by molar-refractivity contribution is -0.138. The van der Waals surface area contributed by atoms with E-state index in [4.69, 9.17) is 5.11 Å². The standard InChI is InChI=1S/C11H17N3O3/c1-7-8(5-12-13-7)10(17)14(6-9(15)16)11(2,3)4/h5H,6H2,1-4H3,(H,12,13)(H,15,16). The van der Waals surface area contributed by atoms with E-state index in [0.29, 0.717) is 11.3 Å². The van der Waals surface area contributed by atoms with Gasteiger partial charge in [-0.2, -0.15) is 5.10 Å². The van der Waals surface area contributed by atoms with Crippen molar-refractivity contribution in [2.75, 3.05) is 6.54 Å². The zero-order valence-electron chi connectivity index (χ0n) is 10.4. The molecule has 1 heterocycles. The van der Waals surface area contributed by atoms with Crippen molar-refractivity contribution in [1.82, 2.24) is 15.1 Å². The second-order valence-electron chi connectivity index (χ2n) is 4.86. The lowest BCUT2D eigenvalue weighted by Crippen LogP contribution is -2.48. The van der Waals surface area contributed by atoms with Gasteiger partial charge in [0.25, 0.3) is 5.91 Å². The molecule has 0 aromatic carbocycles. The van der Waals surface area contributed by atoms with Gasteiger partial charge in [-0.1, -0.05) is 0 Å². The fraction of sp³-hybridized carbons (Fsp3) is 0.545. The minimum Gasteiger partial charge on any atom is -0.480 e. The molecule has 0 spiro atoms. The van der Waals surface area contributed by atoms with Gasteiger partial charge in [-0.3, -0.25) is 14.7 Å². The van der Waals surface area contributed by atoms with Crippen LogP contribution >= 0.6 is 0 Å². The molecule has 6 nitrogen and oxygen atoms in total. The maximum Gasteiger partial charge on any atom is 0.323 e. The van der Waals surface area contributed by atoms with Gasteiger partial charge in [0.2, 0.25) is 0 Å². The number of carboxylic acid groups (broad SMARTS) is 1. The van der Waals surface area contributed by atoms with Crippen LogP contribution in [0.1, 0.15) is 36.8 Å². The molecule has 1 amide bonds. The van der Waals surface area contributed by atoms with Crippen molar-refractivity contribution >= 4 is 11.9 Å². The Labute approximate surface area is 99.6 Å². The van der Waals surface area contributed by atoms with Crippen LogP contribution in [0.4, 0.5) is 0 Å². The van der Waals surface area contributed by atoms with Gasteiger partial charge in [0.1, 0.15) is 6.54 Å². The summed E-state index contributed by atoms with van der Waals surface area (Å²) in [6.45, 7) is 6.78. The van der Waals surface area contributed by atoms with E-state index in [2.05, 4.69) is 10.2 Å². The summed E-state index contributed by atoms with van der Waals surface area (Å²) in [5.74, 6) is -1.36. The smallest absolute Gasteiger partial charge is 0.323 e. The number of aryl methyl sites for hydroxylation is 1. The quantitative estimate of drug-likeness (QED) is 0.825. The van der Waals surface area contributed by atoms with E-state index >= 15 is 0 Å². The van der Waals surface area contributed by atoms with Gasteiger partial charge < -0.3 is 10.0 Å². The summed E-state index contributed by atoms with van der Waals surface area (Å²) >= 11 is 0. The Morgan fingerprint density at radius 1 is 1.47 bits per heavy atom. The van der Waals surface area contributed by atoms with Crippen LogP contribution in [0, 0.1) is 6.92 Å². The molecule has 0 aliphatic carbocycles. The van der Waals surface area contributed by atoms with E-state index in [1.54, 1.807) is 27.7 Å². The molecule has 2 N–H and O–H groups in total. The minimum atomic E-state index is -1.03. The molecule has 0 saturated carbocycles. The number of aliphatic carboxylic acids is 1. The van der Waals surface area contributed by atoms with Crippen molar-refractivity contribution < 1.29 is 14.7 Å². The molecule has 0 aliphatic heterocycles. The number of carbonyl (C=O) groups is 2. The van der Waals surface area contributed by atoms with Crippen LogP contribution < -0.4 is 0 Å². The number of hydrogen-bond donors (Lipinski definition) is 2. The average Bonchev–Trinajstić information content (AvgIpc) is 2.58. The number of carbonyl (C=O) groups excluding carboxylic acids is 1. The highest BCUT2D eigenvalue weighted by Crippen LogP contribution is 2.18. The van der Waals surface area contributed by atoms with Gasteiger partial charge in [-0.05, 0) is 27.7 Å². The van der Waals surface area contributed by atoms with Crippen LogP contribution in [0.2, 0.25) is 0 Å². The van der Waals surface area contributed by atoms with E-state index in [1.165, 1.54) is 11.1 Å². The topological polar surface area (TPSA) is 86.3 Å². The first-order valence-electron chi connectivity index (χ1n) is 5.27. The van der Waals surface area contributed by atoms with Crippen LogP contribution in [0.3, 0.4) is 0 Å². The van der Waals surface area contributed by atoms with E-state index in [9.17, 15) is 9.59 Å². The molecule has 1 rings (SSSR count). The van der Waals surface area contributed by atoms with Crippen molar-refractivity contribution in [2.45, 2.75) is 33.2 Å². The summed E-state index contributed by atoms with van der Waals surface area (Å²) in [6.07, 6.45) is 1.41. The summed E-state index contributed by atoms with van der Waals surface area (Å²) in [5.41, 5.74) is 0.481. The van der Waals surface area contributed by atoms with Crippen molar-refractivity contribution in [3.8, 4) is 0 Å². The maximum absolute atomic E-state index is 12.2. The van der Waals surface area contributed by atoms with Crippen molar-refractivity contribution in [3.05, 3.63) is 17.5 Å². The van der Waals surface area contributed by atoms with Crippen molar-refractivity contribution in [1.29, 1.82) is 0 Å². The number of nitrogens with one attached hydrogen (secondary N) is 1. The second kappa shape index (κ2) is 4.57. The molecule has 0 bridgehead atoms. The fourth-order valence-corrected chi connectivity index (χ4v) is 1.46. The van der Waals surface area contributed by atoms with Crippen molar-refractivity contribution in [3.63, 3.8) is 0 Å². The van der Waals surface area contributed by atoms with Gasteiger partial charge in [0.15, 0.2) is 0 Å². The molecule has 0 radical (unpaired) electrons. The first-order chi connectivity index (χ1) is 7.73. The number of H-pyrrole nitrogens is 1. The number of nitrogens with zero attached hydrogens (tertiary/aromatic N) is 2. The summed E-state index contributed by atoms with van der Waals surface area (Å²) < 4.78 is 0. The minimum absolute atomic E-state index is 0.326. The van der Waals surface area contributed by atoms with Crippen LogP contribution in [0.15, 0.2) is 6.20 Å². The van der Waals surface area contributed by atoms with Crippen LogP contribution in [-0.2, 0) is 4.79 Å². The van der Waals surface area contributed by atoms with Gasteiger partial charge in [-0.15, -0.1) is 0 Å². The van der Waals surface area contributed by atoms with E-state index in [1.807, 2.05) is 0 Å². The third kappa shape index (κ3) is 3.05. The normalized spacial score (nSPS) is 11.3. The molecule has 1 aromatic rings. The third-order valence-electron chi connectivity index (χ3n) is 2.41. The second-order valence-corrected chi connectivity index (χ2v) is 4.86. The lowest BCUT2D eigenvalue weighted by atomic mass is 10.0. The molecule has 17 heavy (non-hydrogen) atoms. The van der Waals surface area contributed by atoms with Gasteiger partial charge >= 0.3 is 5.97 Å². The summed E-state index contributed by atoms with van der Waals surface area (Å²) in [4.78, 5) is 24.3. The molecular formula is C11H17N3O3. The SMILES string of the molecule is Cc1[nH]ncc1C(=O)N(CC(=O)O)C(C)(C)C. The molecule has 0 atom stereocenters. The highest BCUT2D eigenvalue weighted by atomic mass is 16.4. The number of rotatable bonds is 3. The first-order valence-corrected chi connectivity index (χ1v) is 5.27. The predicted octanol–water partition coefficient (Wildman–Crippen LogP) is 1.04. The number of amides is 1. The summed E-state index contributed by atoms with van der Waals surface area (Å²) in [6, 6.07) is 0. The fourth-order valence-electron chi connectivity index (χ4n) is 1.46. The Balaban J connectivity index is 3.04. The average molecular weight is 239 g/mol. The van der Waals surface area contributed by atoms with Gasteiger partial charge in [-0.25, -0.2) is 0 Å². The Morgan fingerprint density at radius 2 is 2.06 bits per heavy atom. The molecule has 0 unspecified atom stereocenters. The Bertz CT molecular complexity index is 431. The van der Waals surface area contributed by atoms with Crippen LogP contribution in [0.5, 0.6) is 0 Å². The zero-order valence-corrected chi connectivity index (χ0v) is 10.4. The molecule has 6 heteroatoms. The number of aromatic nitrogens is 2. The van der Waals surface area contributed by atoms with E-state index in [0.717, 1.165) is 0 Å². The molecule has 94 valence electrons. The van der Waals surface area contributed by atoms with Gasteiger partial charge in [0.05, 0.1) is 11.8 Å². The number of carboxylic acids is 1. The van der Waals surface area contributed by atoms with E-state index in [-0.39, 0.29) is 12.5 Å². The third-order valence-corrected chi connectivity index (χ3v) is 2.41. The highest BCUT2D eigenvalue weighted by molar-refractivity contribution is 5.97. The van der Waals surface area contributed by atoms with Crippen LogP contribution in [-0.4, -0.2) is 44.2 Å².